The average molecular weight is 437 g/mol. The number of carbonyl (C=O) groups excluding carboxylic acids is 1. The molecule has 28 heavy (non-hydrogen) atoms. The van der Waals surface area contributed by atoms with Crippen LogP contribution >= 0.6 is 11.6 Å². The number of rotatable bonds is 6. The van der Waals surface area contributed by atoms with E-state index < -0.39 is 32.7 Å². The summed E-state index contributed by atoms with van der Waals surface area (Å²) < 4.78 is 70.5. The van der Waals surface area contributed by atoms with Crippen LogP contribution in [0.15, 0.2) is 41.3 Å². The number of hydrogen-bond donors (Lipinski definition) is 2. The number of methoxy groups -OCH3 is 1. The zero-order valence-corrected chi connectivity index (χ0v) is 16.3. The summed E-state index contributed by atoms with van der Waals surface area (Å²) in [6, 6.07) is 6.49. The second-order valence-electron chi connectivity index (χ2n) is 5.51. The Kier molecular flexibility index (Phi) is 6.58. The molecule has 0 aliphatic rings. The second-order valence-corrected chi connectivity index (χ2v) is 7.68. The van der Waals surface area contributed by atoms with Crippen molar-refractivity contribution < 1.29 is 31.1 Å². The third-order valence-corrected chi connectivity index (χ3v) is 5.46. The Balaban J connectivity index is 2.41. The van der Waals surface area contributed by atoms with Crippen molar-refractivity contribution in [3.8, 4) is 5.75 Å². The molecule has 0 spiro atoms. The molecule has 11 heteroatoms. The molecule has 0 aliphatic carbocycles. The zero-order chi connectivity index (χ0) is 21.1. The summed E-state index contributed by atoms with van der Waals surface area (Å²) in [6.45, 7) is 1.73. The normalized spacial score (nSPS) is 11.9. The molecule has 1 amide bonds. The van der Waals surface area contributed by atoms with Crippen LogP contribution in [-0.4, -0.2) is 28.0 Å². The van der Waals surface area contributed by atoms with E-state index in [4.69, 9.17) is 16.3 Å². The molecular formula is C17H16ClF3N2O4S. The van der Waals surface area contributed by atoms with E-state index in [0.29, 0.717) is 6.07 Å². The molecule has 0 saturated heterocycles. The Hall–Kier alpha value is -2.30. The number of alkyl halides is 3. The monoisotopic (exact) mass is 436 g/mol. The summed E-state index contributed by atoms with van der Waals surface area (Å²) in [5.74, 6) is -0.793. The lowest BCUT2D eigenvalue weighted by atomic mass is 10.1. The number of ether oxygens (including phenoxy) is 1. The topological polar surface area (TPSA) is 84.5 Å². The van der Waals surface area contributed by atoms with Crippen LogP contribution in [0, 0.1) is 0 Å². The first-order valence-corrected chi connectivity index (χ1v) is 9.71. The van der Waals surface area contributed by atoms with Gasteiger partial charge in [-0.05, 0) is 36.4 Å². The molecule has 0 aromatic heterocycles. The molecule has 0 saturated carbocycles. The quantitative estimate of drug-likeness (QED) is 0.719. The van der Waals surface area contributed by atoms with E-state index >= 15 is 0 Å². The van der Waals surface area contributed by atoms with E-state index in [9.17, 15) is 26.4 Å². The van der Waals surface area contributed by atoms with E-state index in [1.807, 2.05) is 0 Å². The van der Waals surface area contributed by atoms with Crippen LogP contribution in [0.1, 0.15) is 22.8 Å². The third kappa shape index (κ3) is 4.94. The van der Waals surface area contributed by atoms with Gasteiger partial charge in [0.25, 0.3) is 5.91 Å². The van der Waals surface area contributed by atoms with E-state index in [1.165, 1.54) is 25.3 Å². The highest BCUT2D eigenvalue weighted by Gasteiger charge is 2.33. The number of sulfonamides is 1. The number of benzene rings is 2. The number of halogens is 4. The van der Waals surface area contributed by atoms with Gasteiger partial charge in [0.1, 0.15) is 5.75 Å². The van der Waals surface area contributed by atoms with Crippen molar-refractivity contribution in [1.82, 2.24) is 4.72 Å². The maximum Gasteiger partial charge on any atom is 0.417 e. The van der Waals surface area contributed by atoms with Gasteiger partial charge < -0.3 is 10.1 Å². The maximum absolute atomic E-state index is 13.0. The van der Waals surface area contributed by atoms with Crippen molar-refractivity contribution in [1.29, 1.82) is 0 Å². The molecule has 2 aromatic carbocycles. The van der Waals surface area contributed by atoms with Crippen LogP contribution in [0.4, 0.5) is 18.9 Å². The number of nitrogens with one attached hydrogen (secondary N) is 2. The van der Waals surface area contributed by atoms with Gasteiger partial charge in [-0.25, -0.2) is 13.1 Å². The number of anilines is 1. The van der Waals surface area contributed by atoms with Crippen molar-refractivity contribution in [2.45, 2.75) is 18.0 Å². The van der Waals surface area contributed by atoms with E-state index in [-0.39, 0.29) is 28.4 Å². The molecule has 0 radical (unpaired) electrons. The number of carbonyl (C=O) groups is 1. The molecule has 2 rings (SSSR count). The molecule has 2 N–H and O–H groups in total. The van der Waals surface area contributed by atoms with Crippen LogP contribution in [-0.2, 0) is 16.2 Å². The van der Waals surface area contributed by atoms with Crippen LogP contribution in [0.3, 0.4) is 0 Å². The van der Waals surface area contributed by atoms with Crippen LogP contribution in [0.25, 0.3) is 0 Å². The van der Waals surface area contributed by atoms with Gasteiger partial charge in [0.15, 0.2) is 0 Å². The minimum Gasteiger partial charge on any atom is -0.496 e. The maximum atomic E-state index is 13.0. The molecule has 6 nitrogen and oxygen atoms in total. The van der Waals surface area contributed by atoms with Gasteiger partial charge in [0, 0.05) is 12.2 Å². The molecule has 0 atom stereocenters. The Labute approximate surface area is 164 Å². The molecule has 152 valence electrons. The summed E-state index contributed by atoms with van der Waals surface area (Å²) in [5.41, 5.74) is -1.43. The van der Waals surface area contributed by atoms with Crippen molar-refractivity contribution in [3.63, 3.8) is 0 Å². The SMILES string of the molecule is CCNS(=O)(=O)c1ccc(OC)c(C(=O)Nc2ccc(Cl)c(C(F)(F)F)c2)c1. The Morgan fingerprint density at radius 1 is 1.18 bits per heavy atom. The first-order chi connectivity index (χ1) is 13.0. The smallest absolute Gasteiger partial charge is 0.417 e. The van der Waals surface area contributed by atoms with E-state index in [1.54, 1.807) is 6.92 Å². The largest absolute Gasteiger partial charge is 0.496 e. The first-order valence-electron chi connectivity index (χ1n) is 7.85. The summed E-state index contributed by atoms with van der Waals surface area (Å²) >= 11 is 5.56. The standard InChI is InChI=1S/C17H16ClF3N2O4S/c1-3-22-28(25,26)11-5-7-15(27-2)12(9-11)16(24)23-10-4-6-14(18)13(8-10)17(19,20)21/h4-9,22H,3H2,1-2H3,(H,23,24). The summed E-state index contributed by atoms with van der Waals surface area (Å²) in [5, 5.41) is 1.78. The summed E-state index contributed by atoms with van der Waals surface area (Å²) in [7, 11) is -2.58. The van der Waals surface area contributed by atoms with Crippen molar-refractivity contribution in [2.24, 2.45) is 0 Å². The molecule has 0 aliphatic heterocycles. The molecular weight excluding hydrogens is 421 g/mol. The lowest BCUT2D eigenvalue weighted by Gasteiger charge is -2.14. The fourth-order valence-electron chi connectivity index (χ4n) is 2.32. The van der Waals surface area contributed by atoms with Gasteiger partial charge in [-0.2, -0.15) is 13.2 Å². The fraction of sp³-hybridized carbons (Fsp3) is 0.235. The van der Waals surface area contributed by atoms with Crippen molar-refractivity contribution in [3.05, 3.63) is 52.5 Å². The number of amides is 1. The van der Waals surface area contributed by atoms with E-state index in [0.717, 1.165) is 12.1 Å². The highest BCUT2D eigenvalue weighted by atomic mass is 35.5. The van der Waals surface area contributed by atoms with Gasteiger partial charge in [0.2, 0.25) is 10.0 Å². The highest BCUT2D eigenvalue weighted by molar-refractivity contribution is 7.89. The zero-order valence-electron chi connectivity index (χ0n) is 14.7. The van der Waals surface area contributed by atoms with Gasteiger partial charge >= 0.3 is 6.18 Å². The van der Waals surface area contributed by atoms with Gasteiger partial charge in [-0.15, -0.1) is 0 Å². The molecule has 0 bridgehead atoms. The average Bonchev–Trinajstić information content (AvgIpc) is 2.61. The van der Waals surface area contributed by atoms with Crippen molar-refractivity contribution >= 4 is 33.2 Å². The minimum absolute atomic E-state index is 0.0537. The Bertz CT molecular complexity index is 994. The van der Waals surface area contributed by atoms with Gasteiger partial charge in [-0.3, -0.25) is 4.79 Å². The molecule has 0 unspecified atom stereocenters. The Morgan fingerprint density at radius 3 is 2.43 bits per heavy atom. The first kappa shape index (κ1) is 22.0. The molecule has 2 aromatic rings. The van der Waals surface area contributed by atoms with Crippen LogP contribution < -0.4 is 14.8 Å². The minimum atomic E-state index is -4.70. The lowest BCUT2D eigenvalue weighted by molar-refractivity contribution is -0.137. The van der Waals surface area contributed by atoms with Crippen LogP contribution in [0.5, 0.6) is 5.75 Å². The fourth-order valence-corrected chi connectivity index (χ4v) is 3.62. The predicted molar refractivity (Wildman–Crippen MR) is 98.3 cm³/mol. The molecule has 0 fully saturated rings. The number of hydrogen-bond acceptors (Lipinski definition) is 4. The Morgan fingerprint density at radius 2 is 1.86 bits per heavy atom. The highest BCUT2D eigenvalue weighted by Crippen LogP contribution is 2.36. The summed E-state index contributed by atoms with van der Waals surface area (Å²) in [4.78, 5) is 12.4. The second kappa shape index (κ2) is 8.38. The summed E-state index contributed by atoms with van der Waals surface area (Å²) in [6.07, 6.45) is -4.70. The van der Waals surface area contributed by atoms with Gasteiger partial charge in [-0.1, -0.05) is 18.5 Å². The van der Waals surface area contributed by atoms with E-state index in [2.05, 4.69) is 10.0 Å². The molecule has 0 heterocycles. The predicted octanol–water partition coefficient (Wildman–Crippen LogP) is 3.92. The van der Waals surface area contributed by atoms with Crippen LogP contribution in [0.2, 0.25) is 5.02 Å². The van der Waals surface area contributed by atoms with Gasteiger partial charge in [0.05, 0.1) is 28.2 Å². The van der Waals surface area contributed by atoms with Crippen molar-refractivity contribution in [2.75, 3.05) is 19.0 Å². The third-order valence-electron chi connectivity index (χ3n) is 3.59. The lowest BCUT2D eigenvalue weighted by Crippen LogP contribution is -2.24.